The maximum atomic E-state index is 10.8. The highest BCUT2D eigenvalue weighted by molar-refractivity contribution is 7.98. The highest BCUT2D eigenvalue weighted by Gasteiger charge is 2.20. The van der Waals surface area contributed by atoms with Gasteiger partial charge in [-0.05, 0) is 29.9 Å². The molecule has 7 heteroatoms. The normalized spacial score (nSPS) is 10.8. The maximum Gasteiger partial charge on any atom is 0.307 e. The fraction of sp³-hybridized carbons (Fsp3) is 0.125. The number of halogens is 1. The Kier molecular flexibility index (Phi) is 2.81. The molecule has 0 aliphatic rings. The van der Waals surface area contributed by atoms with Crippen LogP contribution in [0.25, 0.3) is 10.1 Å². The topological polar surface area (TPSA) is 56.0 Å². The third kappa shape index (κ3) is 1.68. The molecule has 15 heavy (non-hydrogen) atoms. The van der Waals surface area contributed by atoms with Crippen molar-refractivity contribution in [2.45, 2.75) is 5.03 Å². The first-order chi connectivity index (χ1) is 7.15. The highest BCUT2D eigenvalue weighted by Crippen LogP contribution is 2.39. The van der Waals surface area contributed by atoms with Gasteiger partial charge in [0, 0.05) is 5.39 Å². The molecule has 1 aromatic carbocycles. The van der Waals surface area contributed by atoms with Crippen LogP contribution in [0, 0.1) is 10.1 Å². The van der Waals surface area contributed by atoms with Gasteiger partial charge in [0.1, 0.15) is 14.7 Å². The van der Waals surface area contributed by atoms with Crippen LogP contribution in [0.1, 0.15) is 0 Å². The zero-order valence-corrected chi connectivity index (χ0v) is 9.95. The Morgan fingerprint density at radius 3 is 2.93 bits per heavy atom. The minimum absolute atomic E-state index is 0.0491. The van der Waals surface area contributed by atoms with Crippen LogP contribution in [0.5, 0.6) is 0 Å². The molecule has 78 valence electrons. The van der Waals surface area contributed by atoms with E-state index in [1.165, 1.54) is 17.8 Å². The van der Waals surface area contributed by atoms with Crippen molar-refractivity contribution in [3.05, 3.63) is 27.3 Å². The zero-order chi connectivity index (χ0) is 11.0. The van der Waals surface area contributed by atoms with E-state index in [1.807, 2.05) is 6.26 Å². The fourth-order valence-electron chi connectivity index (χ4n) is 1.26. The van der Waals surface area contributed by atoms with Gasteiger partial charge < -0.3 is 0 Å². The van der Waals surface area contributed by atoms with Crippen molar-refractivity contribution in [2.24, 2.45) is 0 Å². The SMILES string of the molecule is CSc1nsc2c([N+](=O)[O-])c(Cl)ccc12. The Labute approximate surface area is 98.6 Å². The Hall–Kier alpha value is -0.850. The summed E-state index contributed by atoms with van der Waals surface area (Å²) in [6.45, 7) is 0. The van der Waals surface area contributed by atoms with Crippen LogP contribution in [0.3, 0.4) is 0 Å². The van der Waals surface area contributed by atoms with Gasteiger partial charge in [0.15, 0.2) is 0 Å². The summed E-state index contributed by atoms with van der Waals surface area (Å²) >= 11 is 8.36. The molecule has 0 aliphatic carbocycles. The largest absolute Gasteiger partial charge is 0.307 e. The smallest absolute Gasteiger partial charge is 0.258 e. The molecule has 0 N–H and O–H groups in total. The summed E-state index contributed by atoms with van der Waals surface area (Å²) in [6, 6.07) is 3.30. The van der Waals surface area contributed by atoms with E-state index in [0.717, 1.165) is 21.9 Å². The Morgan fingerprint density at radius 1 is 1.60 bits per heavy atom. The molecule has 0 bridgehead atoms. The Morgan fingerprint density at radius 2 is 2.33 bits per heavy atom. The molecule has 2 rings (SSSR count). The van der Waals surface area contributed by atoms with Gasteiger partial charge in [-0.3, -0.25) is 10.1 Å². The molecular weight excluding hydrogens is 256 g/mol. The molecule has 1 heterocycles. The quantitative estimate of drug-likeness (QED) is 0.470. The lowest BCUT2D eigenvalue weighted by Gasteiger charge is -1.96. The summed E-state index contributed by atoms with van der Waals surface area (Å²) < 4.78 is 4.68. The number of benzene rings is 1. The van der Waals surface area contributed by atoms with E-state index in [0.29, 0.717) is 4.70 Å². The van der Waals surface area contributed by atoms with Crippen LogP contribution in [0.2, 0.25) is 5.02 Å². The summed E-state index contributed by atoms with van der Waals surface area (Å²) in [5.74, 6) is 0. The van der Waals surface area contributed by atoms with Crippen LogP contribution in [0.4, 0.5) is 5.69 Å². The fourth-order valence-corrected chi connectivity index (χ4v) is 3.22. The van der Waals surface area contributed by atoms with Gasteiger partial charge in [-0.1, -0.05) is 11.6 Å². The molecule has 0 fully saturated rings. The number of aromatic nitrogens is 1. The van der Waals surface area contributed by atoms with Crippen LogP contribution in [0.15, 0.2) is 17.2 Å². The van der Waals surface area contributed by atoms with Crippen LogP contribution in [-0.4, -0.2) is 15.6 Å². The van der Waals surface area contributed by atoms with Crippen LogP contribution in [-0.2, 0) is 0 Å². The molecule has 0 saturated heterocycles. The van der Waals surface area contributed by atoms with Crippen LogP contribution >= 0.6 is 34.9 Å². The average Bonchev–Trinajstić information content (AvgIpc) is 2.59. The van der Waals surface area contributed by atoms with E-state index >= 15 is 0 Å². The summed E-state index contributed by atoms with van der Waals surface area (Å²) in [5, 5.41) is 12.6. The number of nitrogens with zero attached hydrogens (tertiary/aromatic N) is 2. The molecule has 2 aromatic rings. The minimum atomic E-state index is -0.465. The molecule has 1 aromatic heterocycles. The van der Waals surface area contributed by atoms with Crippen molar-refractivity contribution >= 4 is 50.7 Å². The summed E-state index contributed by atoms with van der Waals surface area (Å²) in [5.41, 5.74) is -0.0491. The molecule has 0 aliphatic heterocycles. The third-order valence-corrected chi connectivity index (χ3v) is 3.90. The summed E-state index contributed by atoms with van der Waals surface area (Å²) in [4.78, 5) is 10.4. The van der Waals surface area contributed by atoms with Crippen molar-refractivity contribution in [3.8, 4) is 0 Å². The predicted octanol–water partition coefficient (Wildman–Crippen LogP) is 3.58. The minimum Gasteiger partial charge on any atom is -0.258 e. The van der Waals surface area contributed by atoms with Crippen LogP contribution < -0.4 is 0 Å². The third-order valence-electron chi connectivity index (χ3n) is 1.91. The number of rotatable bonds is 2. The van der Waals surface area contributed by atoms with E-state index in [9.17, 15) is 10.1 Å². The van der Waals surface area contributed by atoms with Gasteiger partial charge in [-0.15, -0.1) is 11.8 Å². The van der Waals surface area contributed by atoms with Crippen molar-refractivity contribution in [3.63, 3.8) is 0 Å². The molecule has 0 unspecified atom stereocenters. The van der Waals surface area contributed by atoms with E-state index in [4.69, 9.17) is 11.6 Å². The van der Waals surface area contributed by atoms with E-state index in [1.54, 1.807) is 6.07 Å². The predicted molar refractivity (Wildman–Crippen MR) is 63.1 cm³/mol. The van der Waals surface area contributed by atoms with E-state index < -0.39 is 4.92 Å². The standard InChI is InChI=1S/C8H5ClN2O2S2/c1-14-8-4-2-3-5(9)6(11(12)13)7(4)15-10-8/h2-3H,1H3. The monoisotopic (exact) mass is 260 g/mol. The van der Waals surface area contributed by atoms with Crippen molar-refractivity contribution in [1.82, 2.24) is 4.37 Å². The molecule has 0 atom stereocenters. The molecule has 0 radical (unpaired) electrons. The number of thioether (sulfide) groups is 1. The number of nitro benzene ring substituents is 1. The lowest BCUT2D eigenvalue weighted by molar-refractivity contribution is -0.382. The molecule has 0 spiro atoms. The lowest BCUT2D eigenvalue weighted by atomic mass is 10.2. The number of nitro groups is 1. The van der Waals surface area contributed by atoms with Gasteiger partial charge in [0.25, 0.3) is 0 Å². The number of hydrogen-bond acceptors (Lipinski definition) is 5. The van der Waals surface area contributed by atoms with Gasteiger partial charge in [-0.2, -0.15) is 4.37 Å². The van der Waals surface area contributed by atoms with Gasteiger partial charge in [0.2, 0.25) is 0 Å². The first kappa shape index (κ1) is 10.7. The van der Waals surface area contributed by atoms with Gasteiger partial charge >= 0.3 is 5.69 Å². The Balaban J connectivity index is 2.83. The van der Waals surface area contributed by atoms with Gasteiger partial charge in [-0.25, -0.2) is 0 Å². The second kappa shape index (κ2) is 3.96. The number of fused-ring (bicyclic) bond motifs is 1. The second-order valence-electron chi connectivity index (χ2n) is 2.72. The molecular formula is C8H5ClN2O2S2. The van der Waals surface area contributed by atoms with E-state index in [-0.39, 0.29) is 10.7 Å². The number of hydrogen-bond donors (Lipinski definition) is 0. The second-order valence-corrected chi connectivity index (χ2v) is 4.70. The van der Waals surface area contributed by atoms with E-state index in [2.05, 4.69) is 4.37 Å². The van der Waals surface area contributed by atoms with Crippen molar-refractivity contribution in [1.29, 1.82) is 0 Å². The molecule has 0 amide bonds. The van der Waals surface area contributed by atoms with Crippen molar-refractivity contribution in [2.75, 3.05) is 6.26 Å². The average molecular weight is 261 g/mol. The zero-order valence-electron chi connectivity index (χ0n) is 7.56. The lowest BCUT2D eigenvalue weighted by Crippen LogP contribution is -1.88. The summed E-state index contributed by atoms with van der Waals surface area (Å²) in [7, 11) is 0. The highest BCUT2D eigenvalue weighted by atomic mass is 35.5. The van der Waals surface area contributed by atoms with Crippen molar-refractivity contribution < 1.29 is 4.92 Å². The first-order valence-corrected chi connectivity index (χ1v) is 6.29. The molecule has 4 nitrogen and oxygen atoms in total. The Bertz CT molecular complexity index is 541. The molecule has 0 saturated carbocycles. The maximum absolute atomic E-state index is 10.8. The summed E-state index contributed by atoms with van der Waals surface area (Å²) in [6.07, 6.45) is 1.88. The van der Waals surface area contributed by atoms with Gasteiger partial charge in [0.05, 0.1) is 4.92 Å². The first-order valence-electron chi connectivity index (χ1n) is 3.91.